The number of carbonyl (C=O) groups is 2. The van der Waals surface area contributed by atoms with E-state index in [0.717, 1.165) is 11.1 Å². The lowest BCUT2D eigenvalue weighted by Gasteiger charge is -2.41. The lowest BCUT2D eigenvalue weighted by molar-refractivity contribution is -0.125. The van der Waals surface area contributed by atoms with Crippen LogP contribution >= 0.6 is 23.2 Å². The Hall–Kier alpha value is -3.39. The number of nitrogens with zero attached hydrogens (tertiary/aromatic N) is 1. The zero-order valence-electron chi connectivity index (χ0n) is 24.2. The Bertz CT molecular complexity index is 1430. The number of hydrogen-bond acceptors (Lipinski definition) is 6. The summed E-state index contributed by atoms with van der Waals surface area (Å²) in [5.74, 6) is -0.0506. The summed E-state index contributed by atoms with van der Waals surface area (Å²) in [5.41, 5.74) is 6.64. The van der Waals surface area contributed by atoms with Gasteiger partial charge in [-0.1, -0.05) is 72.6 Å². The predicted octanol–water partition coefficient (Wildman–Crippen LogP) is 6.47. The van der Waals surface area contributed by atoms with Crippen molar-refractivity contribution in [3.63, 3.8) is 0 Å². The number of rotatable bonds is 12. The molecule has 0 radical (unpaired) electrons. The molecule has 0 aromatic heterocycles. The van der Waals surface area contributed by atoms with Gasteiger partial charge < -0.3 is 25.5 Å². The van der Waals surface area contributed by atoms with Gasteiger partial charge >= 0.3 is 0 Å². The maximum Gasteiger partial charge on any atom is 0.228 e. The molecule has 1 unspecified atom stereocenters. The maximum atomic E-state index is 13.6. The third-order valence-electron chi connectivity index (χ3n) is 8.60. The number of Topliss-reactive ketones (excluding diaryl/α,β-unsaturated/α-hetero) is 1. The first-order valence-corrected chi connectivity index (χ1v) is 14.7. The summed E-state index contributed by atoms with van der Waals surface area (Å²) >= 11 is 12.7. The Morgan fingerprint density at radius 1 is 0.952 bits per heavy atom. The van der Waals surface area contributed by atoms with Crippen LogP contribution in [0, 0.1) is 5.41 Å². The number of halogens is 2. The number of nitrogens with one attached hydrogen (secondary N) is 1. The van der Waals surface area contributed by atoms with Gasteiger partial charge in [-0.2, -0.15) is 0 Å². The second-order valence-corrected chi connectivity index (χ2v) is 11.9. The van der Waals surface area contributed by atoms with Crippen LogP contribution < -0.4 is 15.2 Å². The van der Waals surface area contributed by atoms with Crippen LogP contribution in [0.3, 0.4) is 0 Å². The van der Waals surface area contributed by atoms with Crippen molar-refractivity contribution in [2.75, 3.05) is 33.9 Å². The van der Waals surface area contributed by atoms with E-state index >= 15 is 0 Å². The summed E-state index contributed by atoms with van der Waals surface area (Å²) in [6, 6.07) is 20.3. The lowest BCUT2D eigenvalue weighted by Crippen LogP contribution is -2.50. The van der Waals surface area contributed by atoms with Crippen LogP contribution in [0.5, 0.6) is 11.5 Å². The van der Waals surface area contributed by atoms with Gasteiger partial charge in [0, 0.05) is 6.42 Å². The molecule has 7 nitrogen and oxygen atoms in total. The zero-order chi connectivity index (χ0) is 30.5. The second-order valence-electron chi connectivity index (χ2n) is 11.1. The summed E-state index contributed by atoms with van der Waals surface area (Å²) < 4.78 is 10.9. The van der Waals surface area contributed by atoms with Crippen LogP contribution in [0.2, 0.25) is 10.0 Å². The van der Waals surface area contributed by atoms with Crippen LogP contribution in [-0.4, -0.2) is 56.2 Å². The number of hydrogen-bond donors (Lipinski definition) is 2. The Morgan fingerprint density at radius 2 is 1.57 bits per heavy atom. The van der Waals surface area contributed by atoms with E-state index in [1.165, 1.54) is 14.2 Å². The number of benzene rings is 3. The molecule has 1 aliphatic heterocycles. The quantitative estimate of drug-likeness (QED) is 0.181. The van der Waals surface area contributed by atoms with Crippen molar-refractivity contribution >= 4 is 40.6 Å². The van der Waals surface area contributed by atoms with Gasteiger partial charge in [0.05, 0.1) is 35.4 Å². The Balaban J connectivity index is 1.56. The molecule has 3 aromatic carbocycles. The van der Waals surface area contributed by atoms with Crippen molar-refractivity contribution in [3.05, 3.63) is 93.5 Å². The van der Waals surface area contributed by atoms with Crippen LogP contribution in [0.25, 0.3) is 0 Å². The minimum atomic E-state index is -0.687. The van der Waals surface area contributed by atoms with E-state index in [-0.39, 0.29) is 23.6 Å². The Kier molecular flexibility index (Phi) is 9.97. The van der Waals surface area contributed by atoms with Crippen molar-refractivity contribution in [1.29, 1.82) is 5.41 Å². The molecule has 1 aliphatic rings. The molecule has 4 rings (SSSR count). The molecule has 3 aromatic rings. The van der Waals surface area contributed by atoms with E-state index in [4.69, 9.17) is 43.8 Å². The van der Waals surface area contributed by atoms with Crippen LogP contribution in [0.1, 0.15) is 54.1 Å². The molecular weight excluding hydrogens is 573 g/mol. The lowest BCUT2D eigenvalue weighted by atomic mass is 9.71. The number of nitrogens with two attached hydrogens (primary N) is 1. The molecule has 9 heteroatoms. The van der Waals surface area contributed by atoms with E-state index in [0.29, 0.717) is 60.4 Å². The van der Waals surface area contributed by atoms with Crippen LogP contribution in [0.15, 0.2) is 66.7 Å². The van der Waals surface area contributed by atoms with Gasteiger partial charge in [-0.3, -0.25) is 9.59 Å². The first-order chi connectivity index (χ1) is 20.0. The summed E-state index contributed by atoms with van der Waals surface area (Å²) in [7, 11) is 2.97. The highest BCUT2D eigenvalue weighted by Gasteiger charge is 2.42. The number of primary amides is 1. The second kappa shape index (κ2) is 13.3. The predicted molar refractivity (Wildman–Crippen MR) is 168 cm³/mol. The number of amides is 1. The van der Waals surface area contributed by atoms with Crippen molar-refractivity contribution in [3.8, 4) is 11.5 Å². The molecule has 42 heavy (non-hydrogen) atoms. The SMILES string of the molecule is COc1cccc(OC)c1C(=O)C(=N)CC(C)(CCN1CCC(C(N)=O)(c2ccccc2)CC1)c1ccc(Cl)c(Cl)c1. The van der Waals surface area contributed by atoms with Crippen molar-refractivity contribution < 1.29 is 19.1 Å². The standard InChI is InChI=1S/C33H37Cl2N3O4/c1-32(23-12-13-24(34)25(35)20-23,21-26(36)30(39)29-27(41-2)10-7-11-28(29)42-3)14-17-38-18-15-33(16-19-38,31(37)40)22-8-5-4-6-9-22/h4-13,20,36H,14-19,21H2,1-3H3,(H2,37,40). The van der Waals surface area contributed by atoms with Gasteiger partial charge in [0.1, 0.15) is 17.1 Å². The fourth-order valence-corrected chi connectivity index (χ4v) is 6.20. The molecule has 1 atom stereocenters. The minimum absolute atomic E-state index is 0.0677. The molecule has 1 amide bonds. The fraction of sp³-hybridized carbons (Fsp3) is 0.364. The number of ether oxygens (including phenoxy) is 2. The van der Waals surface area contributed by atoms with E-state index < -0.39 is 16.6 Å². The molecule has 1 saturated heterocycles. The van der Waals surface area contributed by atoms with Gasteiger partial charge in [-0.15, -0.1) is 0 Å². The van der Waals surface area contributed by atoms with Crippen molar-refractivity contribution in [2.45, 2.75) is 43.4 Å². The van der Waals surface area contributed by atoms with E-state index in [1.807, 2.05) is 49.4 Å². The highest BCUT2D eigenvalue weighted by molar-refractivity contribution is 6.46. The summed E-state index contributed by atoms with van der Waals surface area (Å²) in [6.07, 6.45) is 2.04. The van der Waals surface area contributed by atoms with Crippen molar-refractivity contribution in [1.82, 2.24) is 4.90 Å². The smallest absolute Gasteiger partial charge is 0.228 e. The highest BCUT2D eigenvalue weighted by atomic mass is 35.5. The molecule has 0 aliphatic carbocycles. The fourth-order valence-electron chi connectivity index (χ4n) is 5.90. The Morgan fingerprint density at radius 3 is 2.12 bits per heavy atom. The van der Waals surface area contributed by atoms with Crippen LogP contribution in [-0.2, 0) is 15.6 Å². The van der Waals surface area contributed by atoms with Gasteiger partial charge in [-0.25, -0.2) is 0 Å². The van der Waals surface area contributed by atoms with Gasteiger partial charge in [0.25, 0.3) is 0 Å². The maximum absolute atomic E-state index is 13.6. The Labute approximate surface area is 257 Å². The third kappa shape index (κ3) is 6.48. The highest BCUT2D eigenvalue weighted by Crippen LogP contribution is 2.39. The van der Waals surface area contributed by atoms with E-state index in [2.05, 4.69) is 4.90 Å². The van der Waals surface area contributed by atoms with Gasteiger partial charge in [0.15, 0.2) is 0 Å². The monoisotopic (exact) mass is 609 g/mol. The average molecular weight is 611 g/mol. The molecule has 0 bridgehead atoms. The number of piperidine rings is 1. The molecule has 1 heterocycles. The third-order valence-corrected chi connectivity index (χ3v) is 9.34. The first-order valence-electron chi connectivity index (χ1n) is 13.9. The topological polar surface area (TPSA) is 106 Å². The molecule has 0 saturated carbocycles. The average Bonchev–Trinajstić information content (AvgIpc) is 3.01. The summed E-state index contributed by atoms with van der Waals surface area (Å²) in [5, 5.41) is 9.76. The largest absolute Gasteiger partial charge is 0.496 e. The molecule has 3 N–H and O–H groups in total. The number of methoxy groups -OCH3 is 2. The van der Waals surface area contributed by atoms with E-state index in [1.54, 1.807) is 24.3 Å². The molecule has 0 spiro atoms. The molecule has 1 fully saturated rings. The zero-order valence-corrected chi connectivity index (χ0v) is 25.7. The van der Waals surface area contributed by atoms with Gasteiger partial charge in [-0.05, 0) is 79.7 Å². The van der Waals surface area contributed by atoms with E-state index in [9.17, 15) is 9.59 Å². The summed E-state index contributed by atoms with van der Waals surface area (Å²) in [4.78, 5) is 28.6. The normalized spacial score (nSPS) is 16.3. The first kappa shape index (κ1) is 31.5. The number of ketones is 1. The summed E-state index contributed by atoms with van der Waals surface area (Å²) in [6.45, 7) is 4.13. The number of likely N-dealkylation sites (tertiary alicyclic amines) is 1. The van der Waals surface area contributed by atoms with Crippen LogP contribution in [0.4, 0.5) is 0 Å². The van der Waals surface area contributed by atoms with Crippen molar-refractivity contribution in [2.24, 2.45) is 5.73 Å². The molecular formula is C33H37Cl2N3O4. The minimum Gasteiger partial charge on any atom is -0.496 e. The number of carbonyl (C=O) groups excluding carboxylic acids is 2. The van der Waals surface area contributed by atoms with Gasteiger partial charge in [0.2, 0.25) is 11.7 Å². The molecule has 222 valence electrons.